The number of nitrogens with one attached hydrogen (secondary N) is 1. The van der Waals surface area contributed by atoms with E-state index in [1.165, 1.54) is 6.26 Å². The van der Waals surface area contributed by atoms with Crippen LogP contribution in [0.1, 0.15) is 41.6 Å². The normalized spacial score (nSPS) is 16.3. The first kappa shape index (κ1) is 19.1. The lowest BCUT2D eigenvalue weighted by molar-refractivity contribution is -0.123. The Morgan fingerprint density at radius 3 is 2.81 bits per heavy atom. The molecule has 27 heavy (non-hydrogen) atoms. The van der Waals surface area contributed by atoms with Gasteiger partial charge in [0.15, 0.2) is 5.76 Å². The molecular formula is C20H26N4O3. The molecule has 2 amide bonds. The van der Waals surface area contributed by atoms with E-state index in [-0.39, 0.29) is 17.6 Å². The number of nitrogens with zero attached hydrogens (tertiary/aromatic N) is 3. The fourth-order valence-electron chi connectivity index (χ4n) is 3.39. The smallest absolute Gasteiger partial charge is 0.289 e. The van der Waals surface area contributed by atoms with Crippen LogP contribution in [0.2, 0.25) is 0 Å². The van der Waals surface area contributed by atoms with E-state index in [0.717, 1.165) is 30.9 Å². The summed E-state index contributed by atoms with van der Waals surface area (Å²) in [4.78, 5) is 33.9. The molecule has 3 rings (SSSR count). The molecule has 0 aromatic carbocycles. The first-order valence-corrected chi connectivity index (χ1v) is 9.40. The van der Waals surface area contributed by atoms with Crippen LogP contribution in [-0.2, 0) is 11.3 Å². The number of carbonyl (C=O) groups excluding carboxylic acids is 2. The summed E-state index contributed by atoms with van der Waals surface area (Å²) in [5.74, 6) is -0.511. The van der Waals surface area contributed by atoms with Crippen LogP contribution >= 0.6 is 0 Å². The van der Waals surface area contributed by atoms with Crippen LogP contribution in [0.5, 0.6) is 0 Å². The van der Waals surface area contributed by atoms with Crippen molar-refractivity contribution in [1.29, 1.82) is 0 Å². The molecule has 1 aliphatic rings. The first-order chi connectivity index (χ1) is 13.1. The fourth-order valence-corrected chi connectivity index (χ4v) is 3.39. The highest BCUT2D eigenvalue weighted by Gasteiger charge is 2.34. The van der Waals surface area contributed by atoms with Crippen LogP contribution in [0.25, 0.3) is 0 Å². The van der Waals surface area contributed by atoms with Crippen molar-refractivity contribution >= 4 is 11.8 Å². The third-order valence-electron chi connectivity index (χ3n) is 4.98. The van der Waals surface area contributed by atoms with Gasteiger partial charge in [0.05, 0.1) is 17.9 Å². The molecule has 0 saturated carbocycles. The van der Waals surface area contributed by atoms with Crippen molar-refractivity contribution in [3.05, 3.63) is 53.7 Å². The van der Waals surface area contributed by atoms with Gasteiger partial charge in [-0.3, -0.25) is 14.6 Å². The van der Waals surface area contributed by atoms with Crippen molar-refractivity contribution in [3.63, 3.8) is 0 Å². The van der Waals surface area contributed by atoms with Crippen molar-refractivity contribution in [2.24, 2.45) is 0 Å². The predicted octanol–water partition coefficient (Wildman–Crippen LogP) is 1.87. The van der Waals surface area contributed by atoms with E-state index < -0.39 is 5.92 Å². The van der Waals surface area contributed by atoms with Crippen molar-refractivity contribution in [2.45, 2.75) is 26.3 Å². The Hall–Kier alpha value is -2.67. The maximum atomic E-state index is 12.8. The summed E-state index contributed by atoms with van der Waals surface area (Å²) < 4.78 is 5.24. The highest BCUT2D eigenvalue weighted by Crippen LogP contribution is 2.27. The van der Waals surface area contributed by atoms with Crippen molar-refractivity contribution in [1.82, 2.24) is 20.1 Å². The molecule has 1 unspecified atom stereocenters. The molecule has 2 aromatic rings. The van der Waals surface area contributed by atoms with Crippen LogP contribution in [-0.4, -0.2) is 59.3 Å². The van der Waals surface area contributed by atoms with E-state index in [1.807, 2.05) is 12.1 Å². The van der Waals surface area contributed by atoms with Crippen molar-refractivity contribution in [3.8, 4) is 0 Å². The second-order valence-corrected chi connectivity index (χ2v) is 6.58. The van der Waals surface area contributed by atoms with Gasteiger partial charge in [0, 0.05) is 32.4 Å². The Balaban J connectivity index is 1.72. The summed E-state index contributed by atoms with van der Waals surface area (Å²) in [5, 5.41) is 3.00. The Labute approximate surface area is 159 Å². The van der Waals surface area contributed by atoms with Gasteiger partial charge in [0.2, 0.25) is 5.91 Å². The average Bonchev–Trinajstić information content (AvgIpc) is 3.24. The number of hydrogen-bond donors (Lipinski definition) is 1. The minimum atomic E-state index is -0.481. The van der Waals surface area contributed by atoms with Gasteiger partial charge in [-0.1, -0.05) is 19.9 Å². The molecule has 144 valence electrons. The number of amides is 2. The lowest BCUT2D eigenvalue weighted by Crippen LogP contribution is -2.45. The number of pyridine rings is 1. The predicted molar refractivity (Wildman–Crippen MR) is 101 cm³/mol. The lowest BCUT2D eigenvalue weighted by atomic mass is 9.93. The summed E-state index contributed by atoms with van der Waals surface area (Å²) in [6.45, 7) is 8.19. The van der Waals surface area contributed by atoms with Gasteiger partial charge in [-0.2, -0.15) is 0 Å². The molecule has 1 aliphatic heterocycles. The summed E-state index contributed by atoms with van der Waals surface area (Å²) in [6, 6.07) is 7.07. The molecule has 0 radical (unpaired) electrons. The molecule has 0 bridgehead atoms. The highest BCUT2D eigenvalue weighted by molar-refractivity contribution is 5.93. The number of furan rings is 1. The first-order valence-electron chi connectivity index (χ1n) is 9.40. The standard InChI is InChI=1S/C20H26N4O3/c1-3-23(4-2)11-10-22-19(25)16-14-24(20(26)17-8-6-12-27-17)13-15-7-5-9-21-18(15)16/h5-9,12,16H,3-4,10-11,13-14H2,1-2H3,(H,22,25). The monoisotopic (exact) mass is 370 g/mol. The zero-order valence-electron chi connectivity index (χ0n) is 15.9. The zero-order chi connectivity index (χ0) is 19.2. The topological polar surface area (TPSA) is 78.7 Å². The Morgan fingerprint density at radius 2 is 2.11 bits per heavy atom. The van der Waals surface area contributed by atoms with Gasteiger partial charge >= 0.3 is 0 Å². The SMILES string of the molecule is CCN(CC)CCNC(=O)C1CN(C(=O)c2ccco2)Cc2cccnc21. The number of carbonyl (C=O) groups is 2. The van der Waals surface area contributed by atoms with E-state index in [4.69, 9.17) is 4.42 Å². The molecule has 7 nitrogen and oxygen atoms in total. The van der Waals surface area contributed by atoms with Gasteiger partial charge in [0.1, 0.15) is 0 Å². The summed E-state index contributed by atoms with van der Waals surface area (Å²) in [7, 11) is 0. The van der Waals surface area contributed by atoms with Crippen LogP contribution in [0, 0.1) is 0 Å². The number of rotatable bonds is 7. The van der Waals surface area contributed by atoms with Crippen molar-refractivity contribution in [2.75, 3.05) is 32.7 Å². The van der Waals surface area contributed by atoms with Gasteiger partial charge in [-0.15, -0.1) is 0 Å². The minimum absolute atomic E-state index is 0.0981. The number of fused-ring (bicyclic) bond motifs is 1. The van der Waals surface area contributed by atoms with E-state index in [2.05, 4.69) is 29.0 Å². The summed E-state index contributed by atoms with van der Waals surface area (Å²) >= 11 is 0. The third kappa shape index (κ3) is 4.36. The Kier molecular flexibility index (Phi) is 6.24. The largest absolute Gasteiger partial charge is 0.459 e. The van der Waals surface area contributed by atoms with Crippen LogP contribution in [0.4, 0.5) is 0 Å². The third-order valence-corrected chi connectivity index (χ3v) is 4.98. The minimum Gasteiger partial charge on any atom is -0.459 e. The number of hydrogen-bond acceptors (Lipinski definition) is 5. The van der Waals surface area contributed by atoms with Gasteiger partial charge in [-0.25, -0.2) is 0 Å². The van der Waals surface area contributed by atoms with Crippen LogP contribution in [0.15, 0.2) is 41.1 Å². The molecule has 1 N–H and O–H groups in total. The Morgan fingerprint density at radius 1 is 1.30 bits per heavy atom. The number of aromatic nitrogens is 1. The molecule has 7 heteroatoms. The van der Waals surface area contributed by atoms with E-state index >= 15 is 0 Å². The molecule has 0 aliphatic carbocycles. The maximum absolute atomic E-state index is 12.8. The van der Waals surface area contributed by atoms with Crippen LogP contribution in [0.3, 0.4) is 0 Å². The van der Waals surface area contributed by atoms with E-state index in [0.29, 0.717) is 19.6 Å². The average molecular weight is 370 g/mol. The Bertz CT molecular complexity index is 771. The highest BCUT2D eigenvalue weighted by atomic mass is 16.3. The second-order valence-electron chi connectivity index (χ2n) is 6.58. The molecule has 3 heterocycles. The summed E-state index contributed by atoms with van der Waals surface area (Å²) in [6.07, 6.45) is 3.17. The fraction of sp³-hybridized carbons (Fsp3) is 0.450. The summed E-state index contributed by atoms with van der Waals surface area (Å²) in [5.41, 5.74) is 1.65. The molecular weight excluding hydrogens is 344 g/mol. The molecule has 1 atom stereocenters. The molecule has 2 aromatic heterocycles. The van der Waals surface area contributed by atoms with Gasteiger partial charge in [0.25, 0.3) is 5.91 Å². The van der Waals surface area contributed by atoms with Crippen molar-refractivity contribution < 1.29 is 14.0 Å². The quantitative estimate of drug-likeness (QED) is 0.805. The maximum Gasteiger partial charge on any atom is 0.289 e. The van der Waals surface area contributed by atoms with E-state index in [9.17, 15) is 9.59 Å². The molecule has 0 spiro atoms. The van der Waals surface area contributed by atoms with Gasteiger partial charge in [-0.05, 0) is 36.9 Å². The lowest BCUT2D eigenvalue weighted by Gasteiger charge is -2.32. The second kappa shape index (κ2) is 8.81. The van der Waals surface area contributed by atoms with Crippen LogP contribution < -0.4 is 5.32 Å². The number of likely N-dealkylation sites (N-methyl/N-ethyl adjacent to an activating group) is 1. The zero-order valence-corrected chi connectivity index (χ0v) is 15.9. The molecule has 0 saturated heterocycles. The molecule has 0 fully saturated rings. The van der Waals surface area contributed by atoms with Gasteiger partial charge < -0.3 is 19.5 Å². The van der Waals surface area contributed by atoms with E-state index in [1.54, 1.807) is 23.2 Å².